The van der Waals surface area contributed by atoms with E-state index in [0.717, 1.165) is 6.07 Å². The van der Waals surface area contributed by atoms with E-state index in [1.54, 1.807) is 18.2 Å². The largest absolute Gasteiger partial charge is 0.397 e. The average molecular weight is 324 g/mol. The van der Waals surface area contributed by atoms with E-state index in [1.165, 1.54) is 6.07 Å². The summed E-state index contributed by atoms with van der Waals surface area (Å²) in [6, 6.07) is 8.97. The van der Waals surface area contributed by atoms with Crippen molar-refractivity contribution in [1.29, 1.82) is 5.26 Å². The maximum absolute atomic E-state index is 13.7. The lowest BCUT2D eigenvalue weighted by Gasteiger charge is -2.12. The van der Waals surface area contributed by atoms with Crippen LogP contribution in [0.1, 0.15) is 5.56 Å². The summed E-state index contributed by atoms with van der Waals surface area (Å²) >= 11 is 3.24. The first-order chi connectivity index (χ1) is 9.02. The van der Waals surface area contributed by atoms with Gasteiger partial charge in [0.05, 0.1) is 16.9 Å². The molecule has 0 saturated heterocycles. The van der Waals surface area contributed by atoms with Crippen LogP contribution in [0.25, 0.3) is 0 Å². The molecule has 6 heteroatoms. The third kappa shape index (κ3) is 2.66. The van der Waals surface area contributed by atoms with Gasteiger partial charge in [-0.2, -0.15) is 5.26 Å². The van der Waals surface area contributed by atoms with E-state index < -0.39 is 11.6 Å². The molecule has 0 heterocycles. The van der Waals surface area contributed by atoms with Crippen LogP contribution in [0, 0.1) is 23.0 Å². The quantitative estimate of drug-likeness (QED) is 0.823. The second-order valence-electron chi connectivity index (χ2n) is 3.75. The van der Waals surface area contributed by atoms with Crippen molar-refractivity contribution in [1.82, 2.24) is 0 Å². The monoisotopic (exact) mass is 323 g/mol. The van der Waals surface area contributed by atoms with Gasteiger partial charge in [-0.1, -0.05) is 15.9 Å². The third-order valence-corrected chi connectivity index (χ3v) is 2.98. The normalized spacial score (nSPS) is 10.0. The molecule has 0 aliphatic carbocycles. The molecule has 2 aromatic carbocycles. The minimum absolute atomic E-state index is 0.0581. The molecule has 0 radical (unpaired) electrons. The summed E-state index contributed by atoms with van der Waals surface area (Å²) < 4.78 is 27.5. The molecule has 0 saturated carbocycles. The number of hydrogen-bond donors (Lipinski definition) is 2. The molecular formula is C13H8BrF2N3. The Bertz CT molecular complexity index is 680. The summed E-state index contributed by atoms with van der Waals surface area (Å²) in [6.45, 7) is 0. The molecule has 0 aliphatic rings. The van der Waals surface area contributed by atoms with Crippen molar-refractivity contribution in [3.8, 4) is 6.07 Å². The lowest BCUT2D eigenvalue weighted by Crippen LogP contribution is -2.02. The van der Waals surface area contributed by atoms with Gasteiger partial charge in [0.2, 0.25) is 0 Å². The maximum atomic E-state index is 13.7. The maximum Gasteiger partial charge on any atom is 0.184 e. The molecule has 0 unspecified atom stereocenters. The summed E-state index contributed by atoms with van der Waals surface area (Å²) in [5.74, 6) is -2.09. The predicted molar refractivity (Wildman–Crippen MR) is 72.9 cm³/mol. The Hall–Kier alpha value is -2.13. The van der Waals surface area contributed by atoms with Gasteiger partial charge in [0.15, 0.2) is 11.6 Å². The Morgan fingerprint density at radius 2 is 1.95 bits per heavy atom. The van der Waals surface area contributed by atoms with Gasteiger partial charge in [-0.3, -0.25) is 0 Å². The van der Waals surface area contributed by atoms with E-state index in [0.29, 0.717) is 15.7 Å². The standard InChI is InChI=1S/C13H8BrF2N3/c14-8-2-1-7(6-17)11(5-8)19-13-10(18)4-3-9(15)12(13)16/h1-5,19H,18H2. The number of nitrogen functional groups attached to an aromatic ring is 1. The Kier molecular flexibility index (Phi) is 3.67. The van der Waals surface area contributed by atoms with E-state index in [4.69, 9.17) is 11.0 Å². The van der Waals surface area contributed by atoms with Crippen LogP contribution < -0.4 is 11.1 Å². The fourth-order valence-corrected chi connectivity index (χ4v) is 1.91. The van der Waals surface area contributed by atoms with Crippen molar-refractivity contribution >= 4 is 33.0 Å². The Labute approximate surface area is 116 Å². The third-order valence-electron chi connectivity index (χ3n) is 2.49. The number of rotatable bonds is 2. The zero-order chi connectivity index (χ0) is 14.0. The number of nitrogens with zero attached hydrogens (tertiary/aromatic N) is 1. The molecule has 3 N–H and O–H groups in total. The molecule has 0 bridgehead atoms. The second kappa shape index (κ2) is 5.24. The van der Waals surface area contributed by atoms with Crippen LogP contribution in [0.3, 0.4) is 0 Å². The van der Waals surface area contributed by atoms with Crippen LogP contribution in [-0.4, -0.2) is 0 Å². The molecule has 2 aromatic rings. The molecule has 0 amide bonds. The second-order valence-corrected chi connectivity index (χ2v) is 4.67. The number of nitrogens with one attached hydrogen (secondary N) is 1. The first-order valence-corrected chi connectivity index (χ1v) is 6.02. The highest BCUT2D eigenvalue weighted by Gasteiger charge is 2.13. The van der Waals surface area contributed by atoms with Crippen molar-refractivity contribution in [2.45, 2.75) is 0 Å². The van der Waals surface area contributed by atoms with Gasteiger partial charge in [-0.15, -0.1) is 0 Å². The molecule has 0 atom stereocenters. The highest BCUT2D eigenvalue weighted by atomic mass is 79.9. The Balaban J connectivity index is 2.51. The van der Waals surface area contributed by atoms with Crippen molar-refractivity contribution in [3.05, 3.63) is 52.0 Å². The first-order valence-electron chi connectivity index (χ1n) is 5.23. The van der Waals surface area contributed by atoms with E-state index in [9.17, 15) is 8.78 Å². The highest BCUT2D eigenvalue weighted by molar-refractivity contribution is 9.10. The predicted octanol–water partition coefficient (Wildman–Crippen LogP) is 3.92. The highest BCUT2D eigenvalue weighted by Crippen LogP contribution is 2.30. The van der Waals surface area contributed by atoms with Crippen molar-refractivity contribution < 1.29 is 8.78 Å². The van der Waals surface area contributed by atoms with Crippen LogP contribution in [-0.2, 0) is 0 Å². The van der Waals surface area contributed by atoms with Gasteiger partial charge >= 0.3 is 0 Å². The van der Waals surface area contributed by atoms with E-state index in [2.05, 4.69) is 21.2 Å². The van der Waals surface area contributed by atoms with E-state index in [-0.39, 0.29) is 11.4 Å². The number of halogens is 3. The fraction of sp³-hybridized carbons (Fsp3) is 0. The Morgan fingerprint density at radius 3 is 2.63 bits per heavy atom. The van der Waals surface area contributed by atoms with Crippen LogP contribution >= 0.6 is 15.9 Å². The van der Waals surface area contributed by atoms with Crippen LogP contribution in [0.5, 0.6) is 0 Å². The van der Waals surface area contributed by atoms with Crippen molar-refractivity contribution in [2.24, 2.45) is 0 Å². The SMILES string of the molecule is N#Cc1ccc(Br)cc1Nc1c(N)ccc(F)c1F. The smallest absolute Gasteiger partial charge is 0.184 e. The molecule has 2 rings (SSSR count). The molecule has 0 aliphatic heterocycles. The average Bonchev–Trinajstić information content (AvgIpc) is 2.39. The van der Waals surface area contributed by atoms with Crippen LogP contribution in [0.4, 0.5) is 25.8 Å². The number of hydrogen-bond acceptors (Lipinski definition) is 3. The summed E-state index contributed by atoms with van der Waals surface area (Å²) in [7, 11) is 0. The van der Waals surface area contributed by atoms with Gasteiger partial charge < -0.3 is 11.1 Å². The minimum Gasteiger partial charge on any atom is -0.397 e. The lowest BCUT2D eigenvalue weighted by molar-refractivity contribution is 0.512. The zero-order valence-corrected chi connectivity index (χ0v) is 11.1. The van der Waals surface area contributed by atoms with Gasteiger partial charge in [0, 0.05) is 4.47 Å². The summed E-state index contributed by atoms with van der Waals surface area (Å²) in [6.07, 6.45) is 0. The summed E-state index contributed by atoms with van der Waals surface area (Å²) in [5.41, 5.74) is 6.11. The number of nitrogens with two attached hydrogens (primary N) is 1. The first kappa shape index (κ1) is 13.3. The van der Waals surface area contributed by atoms with Crippen molar-refractivity contribution in [3.63, 3.8) is 0 Å². The topological polar surface area (TPSA) is 61.8 Å². The van der Waals surface area contributed by atoms with Gasteiger partial charge in [0.1, 0.15) is 11.8 Å². The zero-order valence-electron chi connectivity index (χ0n) is 9.55. The molecular weight excluding hydrogens is 316 g/mol. The fourth-order valence-electron chi connectivity index (χ4n) is 1.54. The molecule has 96 valence electrons. The molecule has 3 nitrogen and oxygen atoms in total. The van der Waals surface area contributed by atoms with Gasteiger partial charge in [-0.25, -0.2) is 8.78 Å². The molecule has 0 aromatic heterocycles. The number of benzene rings is 2. The molecule has 0 fully saturated rings. The summed E-state index contributed by atoms with van der Waals surface area (Å²) in [4.78, 5) is 0. The van der Waals surface area contributed by atoms with Crippen molar-refractivity contribution in [2.75, 3.05) is 11.1 Å². The molecule has 0 spiro atoms. The number of anilines is 3. The lowest BCUT2D eigenvalue weighted by atomic mass is 10.1. The minimum atomic E-state index is -1.08. The van der Waals surface area contributed by atoms with E-state index >= 15 is 0 Å². The van der Waals surface area contributed by atoms with Gasteiger partial charge in [-0.05, 0) is 30.3 Å². The van der Waals surface area contributed by atoms with Crippen LogP contribution in [0.15, 0.2) is 34.8 Å². The summed E-state index contributed by atoms with van der Waals surface area (Å²) in [5, 5.41) is 11.6. The Morgan fingerprint density at radius 1 is 1.21 bits per heavy atom. The van der Waals surface area contributed by atoms with Gasteiger partial charge in [0.25, 0.3) is 0 Å². The number of nitriles is 1. The molecule has 19 heavy (non-hydrogen) atoms. The van der Waals surface area contributed by atoms with E-state index in [1.807, 2.05) is 6.07 Å². The van der Waals surface area contributed by atoms with Crippen LogP contribution in [0.2, 0.25) is 0 Å².